The lowest BCUT2D eigenvalue weighted by atomic mass is 9.88. The van der Waals surface area contributed by atoms with Crippen LogP contribution in [-0.4, -0.2) is 61.3 Å². The summed E-state index contributed by atoms with van der Waals surface area (Å²) in [6.45, 7) is 7.48. The number of carbonyl (C=O) groups is 3. The Hall–Kier alpha value is -3.10. The number of benzene rings is 2. The van der Waals surface area contributed by atoms with Gasteiger partial charge < -0.3 is 20.9 Å². The summed E-state index contributed by atoms with van der Waals surface area (Å²) in [5.41, 5.74) is 2.39. The number of hydrogen-bond donors (Lipinski definition) is 3. The maximum atomic E-state index is 13.3. The van der Waals surface area contributed by atoms with E-state index in [1.165, 1.54) is 38.0 Å². The summed E-state index contributed by atoms with van der Waals surface area (Å²) < 4.78 is 13.3. The van der Waals surface area contributed by atoms with Crippen LogP contribution in [0.3, 0.4) is 0 Å². The van der Waals surface area contributed by atoms with Crippen LogP contribution in [0.5, 0.6) is 0 Å². The lowest BCUT2D eigenvalue weighted by Gasteiger charge is -2.39. The number of Topliss-reactive ketones (excluding diaryl/α,β-unsaturated/α-hetero) is 2. The molecule has 7 nitrogen and oxygen atoms in total. The molecule has 4 rings (SSSR count). The molecule has 2 amide bonds. The molecule has 0 bridgehead atoms. The number of carbonyl (C=O) groups excluding carboxylic acids is 3. The van der Waals surface area contributed by atoms with E-state index in [-0.39, 0.29) is 35.4 Å². The van der Waals surface area contributed by atoms with Gasteiger partial charge in [-0.3, -0.25) is 9.59 Å². The minimum atomic E-state index is -0.333. The van der Waals surface area contributed by atoms with Gasteiger partial charge in [-0.2, -0.15) is 0 Å². The average Bonchev–Trinajstić information content (AvgIpc) is 2.86. The van der Waals surface area contributed by atoms with Crippen molar-refractivity contribution in [2.24, 2.45) is 11.8 Å². The summed E-state index contributed by atoms with van der Waals surface area (Å²) in [5.74, 6) is 0.274. The molecule has 2 saturated heterocycles. The van der Waals surface area contributed by atoms with Crippen molar-refractivity contribution in [3.8, 4) is 0 Å². The van der Waals surface area contributed by atoms with Gasteiger partial charge in [0.1, 0.15) is 5.82 Å². The minimum absolute atomic E-state index is 0.0157. The third kappa shape index (κ3) is 7.69. The topological polar surface area (TPSA) is 90.5 Å². The van der Waals surface area contributed by atoms with E-state index in [2.05, 4.69) is 20.9 Å². The maximum absolute atomic E-state index is 13.3. The fourth-order valence-corrected chi connectivity index (χ4v) is 5.52. The highest BCUT2D eigenvalue weighted by Gasteiger charge is 2.30. The number of amides is 2. The van der Waals surface area contributed by atoms with Crippen molar-refractivity contribution in [3.63, 3.8) is 0 Å². The molecule has 0 aliphatic carbocycles. The van der Waals surface area contributed by atoms with E-state index in [0.717, 1.165) is 52.0 Å². The van der Waals surface area contributed by atoms with Gasteiger partial charge >= 0.3 is 6.03 Å². The molecule has 8 heteroatoms. The molecule has 3 N–H and O–H groups in total. The van der Waals surface area contributed by atoms with Crippen LogP contribution in [-0.2, 0) is 6.42 Å². The van der Waals surface area contributed by atoms with Crippen molar-refractivity contribution in [1.29, 1.82) is 0 Å². The Morgan fingerprint density at radius 3 is 2.41 bits per heavy atom. The van der Waals surface area contributed by atoms with Gasteiger partial charge in [0, 0.05) is 48.4 Å². The molecule has 2 aromatic carbocycles. The van der Waals surface area contributed by atoms with Crippen molar-refractivity contribution in [2.75, 3.05) is 38.0 Å². The second kappa shape index (κ2) is 12.4. The van der Waals surface area contributed by atoms with E-state index in [4.69, 9.17) is 0 Å². The highest BCUT2D eigenvalue weighted by atomic mass is 19.1. The lowest BCUT2D eigenvalue weighted by molar-refractivity contribution is 0.101. The summed E-state index contributed by atoms with van der Waals surface area (Å²) in [6.07, 6.45) is 4.08. The SMILES string of the molecule is CC(=O)c1cc(NC(=O)N[C@@H]2CCNC[C@H]2CN2CCC[C@@H](Cc3ccc(F)cc3)C2)cc(C(C)=O)c1. The smallest absolute Gasteiger partial charge is 0.319 e. The lowest BCUT2D eigenvalue weighted by Crippen LogP contribution is -2.54. The monoisotopic (exact) mass is 508 g/mol. The Labute approximate surface area is 218 Å². The summed E-state index contributed by atoms with van der Waals surface area (Å²) in [4.78, 5) is 39.2. The van der Waals surface area contributed by atoms with Crippen LogP contribution < -0.4 is 16.0 Å². The Balaban J connectivity index is 1.35. The molecule has 2 aliphatic rings. The van der Waals surface area contributed by atoms with Gasteiger partial charge in [0.05, 0.1) is 0 Å². The molecule has 2 heterocycles. The van der Waals surface area contributed by atoms with Crippen molar-refractivity contribution in [3.05, 3.63) is 65.0 Å². The first-order valence-electron chi connectivity index (χ1n) is 13.2. The van der Waals surface area contributed by atoms with Gasteiger partial charge in [-0.1, -0.05) is 12.1 Å². The molecule has 0 radical (unpaired) electrons. The number of urea groups is 1. The highest BCUT2D eigenvalue weighted by Crippen LogP contribution is 2.24. The molecule has 2 fully saturated rings. The van der Waals surface area contributed by atoms with Gasteiger partial charge in [0.2, 0.25) is 0 Å². The van der Waals surface area contributed by atoms with Crippen LogP contribution in [0, 0.1) is 17.7 Å². The fraction of sp³-hybridized carbons (Fsp3) is 0.483. The molecule has 0 spiro atoms. The van der Waals surface area contributed by atoms with Gasteiger partial charge in [0.15, 0.2) is 11.6 Å². The van der Waals surface area contributed by atoms with E-state index in [9.17, 15) is 18.8 Å². The van der Waals surface area contributed by atoms with Crippen LogP contribution in [0.15, 0.2) is 42.5 Å². The van der Waals surface area contributed by atoms with E-state index in [1.54, 1.807) is 18.2 Å². The normalized spacial score (nSPS) is 22.3. The third-order valence-electron chi connectivity index (χ3n) is 7.46. The number of nitrogens with one attached hydrogen (secondary N) is 3. The molecule has 37 heavy (non-hydrogen) atoms. The second-order valence-corrected chi connectivity index (χ2v) is 10.5. The molecule has 0 saturated carbocycles. The standard InChI is InChI=1S/C29H37FN4O3/c1-19(35)23-13-24(20(2)36)15-27(14-23)32-29(37)33-28-9-10-31-16-25(28)18-34-11-3-4-22(17-34)12-21-5-7-26(30)8-6-21/h5-8,13-15,22,25,28,31H,3-4,9-12,16-18H2,1-2H3,(H2,32,33,37)/t22-,25-,28+/m0/s1. The Kier molecular flexibility index (Phi) is 9.05. The first-order chi connectivity index (χ1) is 17.8. The fourth-order valence-electron chi connectivity index (χ4n) is 5.52. The first kappa shape index (κ1) is 26.9. The van der Waals surface area contributed by atoms with Crippen molar-refractivity contribution < 1.29 is 18.8 Å². The van der Waals surface area contributed by atoms with Gasteiger partial charge in [0.25, 0.3) is 0 Å². The third-order valence-corrected chi connectivity index (χ3v) is 7.46. The molecular formula is C29H37FN4O3. The van der Waals surface area contributed by atoms with Gasteiger partial charge in [-0.25, -0.2) is 9.18 Å². The zero-order chi connectivity index (χ0) is 26.4. The number of hydrogen-bond acceptors (Lipinski definition) is 5. The van der Waals surface area contributed by atoms with E-state index < -0.39 is 0 Å². The van der Waals surface area contributed by atoms with E-state index >= 15 is 0 Å². The van der Waals surface area contributed by atoms with E-state index in [0.29, 0.717) is 22.7 Å². The van der Waals surface area contributed by atoms with Crippen LogP contribution in [0.1, 0.15) is 59.4 Å². The Morgan fingerprint density at radius 2 is 1.73 bits per heavy atom. The summed E-state index contributed by atoms with van der Waals surface area (Å²) in [7, 11) is 0. The zero-order valence-corrected chi connectivity index (χ0v) is 21.7. The average molecular weight is 509 g/mol. The number of likely N-dealkylation sites (tertiary alicyclic amines) is 1. The number of anilines is 1. The molecule has 3 atom stereocenters. The number of ketones is 2. The highest BCUT2D eigenvalue weighted by molar-refractivity contribution is 6.02. The molecular weight excluding hydrogens is 471 g/mol. The van der Waals surface area contributed by atoms with Crippen molar-refractivity contribution in [2.45, 2.75) is 45.6 Å². The van der Waals surface area contributed by atoms with Crippen molar-refractivity contribution >= 4 is 23.3 Å². The molecule has 2 aromatic rings. The van der Waals surface area contributed by atoms with Gasteiger partial charge in [-0.15, -0.1) is 0 Å². The summed E-state index contributed by atoms with van der Waals surface area (Å²) in [6, 6.07) is 11.3. The minimum Gasteiger partial charge on any atom is -0.335 e. The predicted molar refractivity (Wildman–Crippen MR) is 143 cm³/mol. The largest absolute Gasteiger partial charge is 0.335 e. The molecule has 198 valence electrons. The molecule has 0 unspecified atom stereocenters. The van der Waals surface area contributed by atoms with Crippen LogP contribution >= 0.6 is 0 Å². The zero-order valence-electron chi connectivity index (χ0n) is 21.7. The van der Waals surface area contributed by atoms with Crippen LogP contribution in [0.4, 0.5) is 14.9 Å². The number of rotatable bonds is 8. The molecule has 0 aromatic heterocycles. The van der Waals surface area contributed by atoms with Gasteiger partial charge in [-0.05, 0) is 94.4 Å². The Bertz CT molecular complexity index is 1090. The number of nitrogens with zero attached hydrogens (tertiary/aromatic N) is 1. The summed E-state index contributed by atoms with van der Waals surface area (Å²) in [5, 5.41) is 9.43. The number of piperidine rings is 2. The van der Waals surface area contributed by atoms with Crippen LogP contribution in [0.25, 0.3) is 0 Å². The predicted octanol–water partition coefficient (Wildman–Crippen LogP) is 4.29. The van der Waals surface area contributed by atoms with Crippen LogP contribution in [0.2, 0.25) is 0 Å². The maximum Gasteiger partial charge on any atom is 0.319 e. The number of halogens is 1. The Morgan fingerprint density at radius 1 is 1.03 bits per heavy atom. The molecule has 2 aliphatic heterocycles. The quantitative estimate of drug-likeness (QED) is 0.463. The van der Waals surface area contributed by atoms with E-state index in [1.807, 2.05) is 12.1 Å². The van der Waals surface area contributed by atoms with Crippen molar-refractivity contribution in [1.82, 2.24) is 15.5 Å². The summed E-state index contributed by atoms with van der Waals surface area (Å²) >= 11 is 0. The second-order valence-electron chi connectivity index (χ2n) is 10.5. The first-order valence-corrected chi connectivity index (χ1v) is 13.2.